The van der Waals surface area contributed by atoms with E-state index in [0.717, 1.165) is 40.9 Å². The predicted molar refractivity (Wildman–Crippen MR) is 84.0 cm³/mol. The molecule has 0 heterocycles. The average molecular weight is 364 g/mol. The number of hydrogen-bond acceptors (Lipinski definition) is 4. The summed E-state index contributed by atoms with van der Waals surface area (Å²) in [5.41, 5.74) is 7.73. The third kappa shape index (κ3) is 6.42. The predicted octanol–water partition coefficient (Wildman–Crippen LogP) is 2.73. The van der Waals surface area contributed by atoms with Gasteiger partial charge in [0.1, 0.15) is 0 Å². The smallest absolute Gasteiger partial charge is 0.0700 e. The second-order valence-electron chi connectivity index (χ2n) is 3.97. The van der Waals surface area contributed by atoms with Crippen LogP contribution in [0.5, 0.6) is 0 Å². The van der Waals surface area contributed by atoms with Crippen LogP contribution in [0.4, 0.5) is 11.4 Å². The fraction of sp³-hybridized carbons (Fsp3) is 0.538. The van der Waals surface area contributed by atoms with Gasteiger partial charge in [0.2, 0.25) is 0 Å². The lowest BCUT2D eigenvalue weighted by molar-refractivity contribution is 0.0691. The van der Waals surface area contributed by atoms with E-state index in [4.69, 9.17) is 15.2 Å². The Balaban J connectivity index is 2.07. The highest BCUT2D eigenvalue weighted by atomic mass is 127. The van der Waals surface area contributed by atoms with Crippen molar-refractivity contribution in [2.24, 2.45) is 0 Å². The van der Waals surface area contributed by atoms with Gasteiger partial charge in [0, 0.05) is 23.8 Å². The number of nitrogens with one attached hydrogen (secondary N) is 1. The van der Waals surface area contributed by atoms with E-state index in [1.165, 1.54) is 0 Å². The fourth-order valence-electron chi connectivity index (χ4n) is 1.49. The first-order valence-electron chi connectivity index (χ1n) is 6.09. The number of methoxy groups -OCH3 is 1. The Labute approximate surface area is 122 Å². The van der Waals surface area contributed by atoms with Gasteiger partial charge < -0.3 is 20.5 Å². The van der Waals surface area contributed by atoms with Crippen molar-refractivity contribution in [3.05, 3.63) is 21.8 Å². The normalized spacial score (nSPS) is 10.6. The second kappa shape index (κ2) is 9.41. The Morgan fingerprint density at radius 2 is 2.06 bits per heavy atom. The van der Waals surface area contributed by atoms with Gasteiger partial charge >= 0.3 is 0 Å². The standard InChI is InChI=1S/C13H21IN2O2/c1-17-8-9-18-7-3-2-6-16-13-5-4-11(14)10-12(13)15/h4-5,10,16H,2-3,6-9,15H2,1H3. The molecule has 0 fully saturated rings. The molecular formula is C13H21IN2O2. The summed E-state index contributed by atoms with van der Waals surface area (Å²) < 4.78 is 11.4. The number of anilines is 2. The summed E-state index contributed by atoms with van der Waals surface area (Å²) >= 11 is 2.25. The van der Waals surface area contributed by atoms with Gasteiger partial charge in [-0.2, -0.15) is 0 Å². The molecule has 0 saturated heterocycles. The zero-order chi connectivity index (χ0) is 13.2. The molecule has 0 aliphatic heterocycles. The van der Waals surface area contributed by atoms with Crippen molar-refractivity contribution < 1.29 is 9.47 Å². The van der Waals surface area contributed by atoms with Crippen LogP contribution in [0.15, 0.2) is 18.2 Å². The Hall–Kier alpha value is -0.530. The van der Waals surface area contributed by atoms with Crippen LogP contribution in [0.1, 0.15) is 12.8 Å². The maximum Gasteiger partial charge on any atom is 0.0700 e. The first-order valence-corrected chi connectivity index (χ1v) is 7.17. The van der Waals surface area contributed by atoms with Crippen LogP contribution >= 0.6 is 22.6 Å². The zero-order valence-electron chi connectivity index (χ0n) is 10.7. The highest BCUT2D eigenvalue weighted by molar-refractivity contribution is 14.1. The average Bonchev–Trinajstić information content (AvgIpc) is 2.35. The number of rotatable bonds is 9. The molecule has 18 heavy (non-hydrogen) atoms. The van der Waals surface area contributed by atoms with Crippen LogP contribution in [0.2, 0.25) is 0 Å². The van der Waals surface area contributed by atoms with Crippen molar-refractivity contribution in [3.8, 4) is 0 Å². The summed E-state index contributed by atoms with van der Waals surface area (Å²) in [4.78, 5) is 0. The van der Waals surface area contributed by atoms with Gasteiger partial charge in [-0.1, -0.05) is 0 Å². The maximum absolute atomic E-state index is 5.91. The summed E-state index contributed by atoms with van der Waals surface area (Å²) in [6.07, 6.45) is 2.11. The molecule has 0 radical (unpaired) electrons. The summed E-state index contributed by atoms with van der Waals surface area (Å²) in [5, 5.41) is 3.33. The van der Waals surface area contributed by atoms with E-state index < -0.39 is 0 Å². The number of nitrogen functional groups attached to an aromatic ring is 1. The third-order valence-corrected chi connectivity index (χ3v) is 3.15. The van der Waals surface area contributed by atoms with Crippen LogP contribution in [-0.2, 0) is 9.47 Å². The van der Waals surface area contributed by atoms with E-state index in [0.29, 0.717) is 13.2 Å². The molecule has 0 aromatic heterocycles. The number of nitrogens with two attached hydrogens (primary N) is 1. The molecule has 0 amide bonds. The topological polar surface area (TPSA) is 56.5 Å². The maximum atomic E-state index is 5.91. The van der Waals surface area contributed by atoms with Gasteiger partial charge in [0.25, 0.3) is 0 Å². The SMILES string of the molecule is COCCOCCCCNc1ccc(I)cc1N. The highest BCUT2D eigenvalue weighted by Crippen LogP contribution is 2.20. The fourth-order valence-corrected chi connectivity index (χ4v) is 2.01. The first kappa shape index (κ1) is 15.5. The molecule has 1 aromatic rings. The highest BCUT2D eigenvalue weighted by Gasteiger charge is 1.98. The van der Waals surface area contributed by atoms with Gasteiger partial charge in [-0.15, -0.1) is 0 Å². The summed E-state index contributed by atoms with van der Waals surface area (Å²) in [7, 11) is 1.68. The summed E-state index contributed by atoms with van der Waals surface area (Å²) in [6, 6.07) is 6.04. The zero-order valence-corrected chi connectivity index (χ0v) is 12.9. The van der Waals surface area contributed by atoms with Crippen LogP contribution < -0.4 is 11.1 Å². The van der Waals surface area contributed by atoms with Gasteiger partial charge in [0.05, 0.1) is 24.6 Å². The molecule has 5 heteroatoms. The number of ether oxygens (including phenoxy) is 2. The van der Waals surface area contributed by atoms with Crippen molar-refractivity contribution in [3.63, 3.8) is 0 Å². The molecule has 102 valence electrons. The van der Waals surface area contributed by atoms with Crippen molar-refractivity contribution in [2.45, 2.75) is 12.8 Å². The quantitative estimate of drug-likeness (QED) is 0.402. The van der Waals surface area contributed by atoms with Crippen LogP contribution in [0.25, 0.3) is 0 Å². The largest absolute Gasteiger partial charge is 0.397 e. The molecule has 0 aliphatic carbocycles. The lowest BCUT2D eigenvalue weighted by Crippen LogP contribution is -2.07. The van der Waals surface area contributed by atoms with Crippen LogP contribution in [0.3, 0.4) is 0 Å². The Bertz CT molecular complexity index is 348. The Morgan fingerprint density at radius 3 is 2.78 bits per heavy atom. The molecule has 1 rings (SSSR count). The molecule has 0 bridgehead atoms. The first-order chi connectivity index (χ1) is 8.74. The molecule has 0 spiro atoms. The number of benzene rings is 1. The Morgan fingerprint density at radius 1 is 1.22 bits per heavy atom. The van der Waals surface area contributed by atoms with E-state index in [9.17, 15) is 0 Å². The van der Waals surface area contributed by atoms with Crippen LogP contribution in [-0.4, -0.2) is 33.5 Å². The van der Waals surface area contributed by atoms with Crippen molar-refractivity contribution in [1.29, 1.82) is 0 Å². The molecule has 1 aromatic carbocycles. The minimum Gasteiger partial charge on any atom is -0.397 e. The lowest BCUT2D eigenvalue weighted by atomic mass is 10.2. The van der Waals surface area contributed by atoms with E-state index in [-0.39, 0.29) is 0 Å². The Kier molecular flexibility index (Phi) is 8.11. The summed E-state index contributed by atoms with van der Waals surface area (Å²) in [5.74, 6) is 0. The lowest BCUT2D eigenvalue weighted by Gasteiger charge is -2.09. The third-order valence-electron chi connectivity index (χ3n) is 2.48. The van der Waals surface area contributed by atoms with Crippen LogP contribution in [0, 0.1) is 3.57 Å². The molecular weight excluding hydrogens is 343 g/mol. The minimum atomic E-state index is 0.664. The molecule has 0 atom stereocenters. The van der Waals surface area contributed by atoms with Crippen molar-refractivity contribution in [1.82, 2.24) is 0 Å². The minimum absolute atomic E-state index is 0.664. The van der Waals surface area contributed by atoms with Gasteiger partial charge in [-0.05, 0) is 53.6 Å². The van der Waals surface area contributed by atoms with E-state index >= 15 is 0 Å². The molecule has 3 N–H and O–H groups in total. The summed E-state index contributed by atoms with van der Waals surface area (Å²) in [6.45, 7) is 3.04. The van der Waals surface area contributed by atoms with Gasteiger partial charge in [-0.3, -0.25) is 0 Å². The second-order valence-corrected chi connectivity index (χ2v) is 5.22. The number of hydrogen-bond donors (Lipinski definition) is 2. The van der Waals surface area contributed by atoms with E-state index in [2.05, 4.69) is 27.9 Å². The number of unbranched alkanes of at least 4 members (excludes halogenated alkanes) is 1. The number of halogens is 1. The molecule has 0 aliphatic rings. The van der Waals surface area contributed by atoms with E-state index in [1.54, 1.807) is 7.11 Å². The van der Waals surface area contributed by atoms with Crippen molar-refractivity contribution in [2.75, 3.05) is 44.5 Å². The monoisotopic (exact) mass is 364 g/mol. The molecule has 4 nitrogen and oxygen atoms in total. The molecule has 0 unspecified atom stereocenters. The van der Waals surface area contributed by atoms with Gasteiger partial charge in [-0.25, -0.2) is 0 Å². The molecule has 0 saturated carbocycles. The van der Waals surface area contributed by atoms with Crippen molar-refractivity contribution >= 4 is 34.0 Å². The van der Waals surface area contributed by atoms with Gasteiger partial charge in [0.15, 0.2) is 0 Å². The van der Waals surface area contributed by atoms with E-state index in [1.807, 2.05) is 18.2 Å².